The van der Waals surface area contributed by atoms with Crippen LogP contribution >= 0.6 is 11.3 Å². The largest absolute Gasteiger partial charge is 0.302 e. The second kappa shape index (κ2) is 8.75. The van der Waals surface area contributed by atoms with Gasteiger partial charge in [-0.15, -0.1) is 11.3 Å². The zero-order valence-corrected chi connectivity index (χ0v) is 16.5. The minimum atomic E-state index is -0.438. The van der Waals surface area contributed by atoms with Crippen LogP contribution in [-0.4, -0.2) is 15.8 Å². The molecule has 0 fully saturated rings. The highest BCUT2D eigenvalue weighted by atomic mass is 32.1. The Balaban J connectivity index is 1.55. The molecule has 0 atom stereocenters. The Morgan fingerprint density at radius 3 is 2.43 bits per heavy atom. The molecule has 3 aromatic rings. The molecule has 0 saturated carbocycles. The lowest BCUT2D eigenvalue weighted by Gasteiger charge is -2.07. The summed E-state index contributed by atoms with van der Waals surface area (Å²) in [6.45, 7) is 4.31. The average Bonchev–Trinajstić information content (AvgIpc) is 3.15. The number of aromatic nitrogens is 1. The molecule has 28 heavy (non-hydrogen) atoms. The van der Waals surface area contributed by atoms with Gasteiger partial charge in [-0.3, -0.25) is 14.9 Å². The molecule has 1 amide bonds. The van der Waals surface area contributed by atoms with Crippen LogP contribution in [0.25, 0.3) is 11.3 Å². The van der Waals surface area contributed by atoms with Crippen molar-refractivity contribution in [2.24, 2.45) is 0 Å². The van der Waals surface area contributed by atoms with E-state index in [1.54, 1.807) is 12.1 Å². The number of non-ortho nitro benzene ring substituents is 1. The first-order valence-corrected chi connectivity index (χ1v) is 9.89. The Labute approximate surface area is 167 Å². The lowest BCUT2D eigenvalue weighted by Crippen LogP contribution is -2.12. The molecule has 2 aromatic carbocycles. The molecule has 0 aliphatic carbocycles. The molecule has 0 aliphatic heterocycles. The predicted octanol–water partition coefficient (Wildman–Crippen LogP) is 5.41. The van der Waals surface area contributed by atoms with Gasteiger partial charge in [-0.2, -0.15) is 0 Å². The summed E-state index contributed by atoms with van der Waals surface area (Å²) in [6, 6.07) is 14.5. The van der Waals surface area contributed by atoms with E-state index in [4.69, 9.17) is 0 Å². The lowest BCUT2D eigenvalue weighted by molar-refractivity contribution is -0.384. The van der Waals surface area contributed by atoms with Gasteiger partial charge in [0.1, 0.15) is 0 Å². The fourth-order valence-corrected chi connectivity index (χ4v) is 3.46. The second-order valence-electron chi connectivity index (χ2n) is 6.79. The quantitative estimate of drug-likeness (QED) is 0.428. The van der Waals surface area contributed by atoms with Crippen molar-refractivity contribution in [1.29, 1.82) is 0 Å². The molecule has 0 aliphatic rings. The number of nitro groups is 1. The van der Waals surface area contributed by atoms with Crippen molar-refractivity contribution < 1.29 is 9.72 Å². The summed E-state index contributed by atoms with van der Waals surface area (Å²) in [5.41, 5.74) is 3.90. The zero-order chi connectivity index (χ0) is 20.1. The number of thiazole rings is 1. The minimum absolute atomic E-state index is 0.0360. The van der Waals surface area contributed by atoms with E-state index in [1.807, 2.05) is 5.38 Å². The molecule has 1 aromatic heterocycles. The molecular weight excluding hydrogens is 374 g/mol. The van der Waals surface area contributed by atoms with Gasteiger partial charge in [0.25, 0.3) is 5.69 Å². The number of nitrogens with zero attached hydrogens (tertiary/aromatic N) is 2. The summed E-state index contributed by atoms with van der Waals surface area (Å²) in [6.07, 6.45) is 1.05. The number of carbonyl (C=O) groups is 1. The first-order chi connectivity index (χ1) is 13.4. The summed E-state index contributed by atoms with van der Waals surface area (Å²) in [5, 5.41) is 15.9. The van der Waals surface area contributed by atoms with Gasteiger partial charge in [0.15, 0.2) is 5.13 Å². The Hall–Kier alpha value is -3.06. The van der Waals surface area contributed by atoms with Gasteiger partial charge in [-0.1, -0.05) is 38.1 Å². The molecule has 0 spiro atoms. The number of hydrogen-bond acceptors (Lipinski definition) is 5. The van der Waals surface area contributed by atoms with Gasteiger partial charge in [0.05, 0.1) is 10.6 Å². The Morgan fingerprint density at radius 1 is 1.14 bits per heavy atom. The maximum absolute atomic E-state index is 12.2. The normalized spacial score (nSPS) is 10.8. The number of nitrogens with one attached hydrogen (secondary N) is 1. The van der Waals surface area contributed by atoms with Crippen molar-refractivity contribution in [2.75, 3.05) is 5.32 Å². The molecule has 1 N–H and O–H groups in total. The van der Waals surface area contributed by atoms with Crippen molar-refractivity contribution in [3.05, 3.63) is 75.2 Å². The van der Waals surface area contributed by atoms with Gasteiger partial charge in [-0.05, 0) is 35.6 Å². The fourth-order valence-electron chi connectivity index (χ4n) is 2.73. The SMILES string of the molecule is CC(C)c1ccc(CCC(=O)Nc2nc(-c3ccc([N+](=O)[O-])cc3)cs2)cc1. The van der Waals surface area contributed by atoms with Crippen LogP contribution in [0.2, 0.25) is 0 Å². The van der Waals surface area contributed by atoms with Crippen LogP contribution in [0.15, 0.2) is 53.9 Å². The monoisotopic (exact) mass is 395 g/mol. The standard InChI is InChI=1S/C21H21N3O3S/c1-14(2)16-6-3-15(4-7-16)5-12-20(25)23-21-22-19(13-28-21)17-8-10-18(11-9-17)24(26)27/h3-4,6-11,13-14H,5,12H2,1-2H3,(H,22,23,25). The third-order valence-electron chi connectivity index (χ3n) is 4.41. The molecule has 6 nitrogen and oxygen atoms in total. The molecule has 1 heterocycles. The van der Waals surface area contributed by atoms with Crippen LogP contribution < -0.4 is 5.32 Å². The van der Waals surface area contributed by atoms with Crippen LogP contribution in [0, 0.1) is 10.1 Å². The Kier molecular flexibility index (Phi) is 6.16. The highest BCUT2D eigenvalue weighted by Crippen LogP contribution is 2.26. The average molecular weight is 395 g/mol. The van der Waals surface area contributed by atoms with E-state index in [0.29, 0.717) is 29.6 Å². The van der Waals surface area contributed by atoms with Crippen molar-refractivity contribution in [1.82, 2.24) is 4.98 Å². The second-order valence-corrected chi connectivity index (χ2v) is 7.64. The van der Waals surface area contributed by atoms with E-state index >= 15 is 0 Å². The van der Waals surface area contributed by atoms with Crippen molar-refractivity contribution in [3.8, 4) is 11.3 Å². The topological polar surface area (TPSA) is 85.1 Å². The summed E-state index contributed by atoms with van der Waals surface area (Å²) in [5.74, 6) is 0.407. The fraction of sp³-hybridized carbons (Fsp3) is 0.238. The highest BCUT2D eigenvalue weighted by molar-refractivity contribution is 7.14. The molecule has 0 bridgehead atoms. The number of hydrogen-bond donors (Lipinski definition) is 1. The Bertz CT molecular complexity index is 963. The first kappa shape index (κ1) is 19.7. The molecular formula is C21H21N3O3S. The Morgan fingerprint density at radius 2 is 1.82 bits per heavy atom. The van der Waals surface area contributed by atoms with Crippen LogP contribution in [0.5, 0.6) is 0 Å². The van der Waals surface area contributed by atoms with Gasteiger partial charge in [0.2, 0.25) is 5.91 Å². The van der Waals surface area contributed by atoms with E-state index in [1.165, 1.54) is 29.0 Å². The number of amides is 1. The third-order valence-corrected chi connectivity index (χ3v) is 5.17. The summed E-state index contributed by atoms with van der Waals surface area (Å²) >= 11 is 1.33. The number of benzene rings is 2. The number of aryl methyl sites for hydroxylation is 1. The third kappa shape index (κ3) is 5.01. The number of anilines is 1. The number of carbonyl (C=O) groups excluding carboxylic acids is 1. The molecule has 3 rings (SSSR count). The first-order valence-electron chi connectivity index (χ1n) is 9.01. The number of nitro benzene ring substituents is 1. The van der Waals surface area contributed by atoms with E-state index in [9.17, 15) is 14.9 Å². The van der Waals surface area contributed by atoms with E-state index in [-0.39, 0.29) is 11.6 Å². The molecule has 0 unspecified atom stereocenters. The lowest BCUT2D eigenvalue weighted by atomic mass is 10.0. The summed E-state index contributed by atoms with van der Waals surface area (Å²) < 4.78 is 0. The summed E-state index contributed by atoms with van der Waals surface area (Å²) in [4.78, 5) is 26.9. The van der Waals surface area contributed by atoms with E-state index in [0.717, 1.165) is 11.1 Å². The molecule has 144 valence electrons. The smallest absolute Gasteiger partial charge is 0.269 e. The minimum Gasteiger partial charge on any atom is -0.302 e. The van der Waals surface area contributed by atoms with Gasteiger partial charge < -0.3 is 5.32 Å². The molecule has 0 radical (unpaired) electrons. The highest BCUT2D eigenvalue weighted by Gasteiger charge is 2.10. The van der Waals surface area contributed by atoms with Crippen molar-refractivity contribution >= 4 is 28.1 Å². The molecule has 0 saturated heterocycles. The zero-order valence-electron chi connectivity index (χ0n) is 15.7. The van der Waals surface area contributed by atoms with Gasteiger partial charge in [0, 0.05) is 29.5 Å². The van der Waals surface area contributed by atoms with Crippen molar-refractivity contribution in [2.45, 2.75) is 32.6 Å². The van der Waals surface area contributed by atoms with Crippen LogP contribution in [0.1, 0.15) is 37.3 Å². The van der Waals surface area contributed by atoms with Crippen molar-refractivity contribution in [3.63, 3.8) is 0 Å². The molecule has 7 heteroatoms. The maximum atomic E-state index is 12.2. The van der Waals surface area contributed by atoms with E-state index in [2.05, 4.69) is 48.4 Å². The van der Waals surface area contributed by atoms with E-state index < -0.39 is 4.92 Å². The summed E-state index contributed by atoms with van der Waals surface area (Å²) in [7, 11) is 0. The van der Waals surface area contributed by atoms with Gasteiger partial charge in [-0.25, -0.2) is 4.98 Å². The van der Waals surface area contributed by atoms with Crippen LogP contribution in [0.3, 0.4) is 0 Å². The van der Waals surface area contributed by atoms with Crippen LogP contribution in [-0.2, 0) is 11.2 Å². The van der Waals surface area contributed by atoms with Gasteiger partial charge >= 0.3 is 0 Å². The van der Waals surface area contributed by atoms with Crippen LogP contribution in [0.4, 0.5) is 10.8 Å². The maximum Gasteiger partial charge on any atom is 0.269 e. The predicted molar refractivity (Wildman–Crippen MR) is 112 cm³/mol. The number of rotatable bonds is 7.